The summed E-state index contributed by atoms with van der Waals surface area (Å²) >= 11 is 0. The van der Waals surface area contributed by atoms with Gasteiger partial charge in [0.2, 0.25) is 0 Å². The third kappa shape index (κ3) is 1.52. The first kappa shape index (κ1) is 8.09. The Kier molecular flexibility index (Phi) is 2.37. The minimum Gasteiger partial charge on any atom is -0.391 e. The van der Waals surface area contributed by atoms with E-state index >= 15 is 0 Å². The second kappa shape index (κ2) is 2.93. The summed E-state index contributed by atoms with van der Waals surface area (Å²) in [5, 5.41) is 9.16. The summed E-state index contributed by atoms with van der Waals surface area (Å²) in [6, 6.07) is -0.172. The predicted octanol–water partition coefficient (Wildman–Crippen LogP) is 0.287. The van der Waals surface area contributed by atoms with Crippen LogP contribution in [0.2, 0.25) is 0 Å². The molecule has 2 nitrogen and oxygen atoms in total. The molecule has 2 radical (unpaired) electrons. The summed E-state index contributed by atoms with van der Waals surface area (Å²) < 4.78 is 5.26. The highest BCUT2D eigenvalue weighted by Crippen LogP contribution is 2.26. The summed E-state index contributed by atoms with van der Waals surface area (Å²) in [4.78, 5) is 0. The Labute approximate surface area is 63.0 Å². The molecule has 0 aromatic carbocycles. The van der Waals surface area contributed by atoms with Gasteiger partial charge in [-0.2, -0.15) is 0 Å². The summed E-state index contributed by atoms with van der Waals surface area (Å²) in [6.45, 7) is 3.78. The molecule has 1 saturated heterocycles. The number of hydrogen-bond acceptors (Lipinski definition) is 2. The Morgan fingerprint density at radius 1 is 1.70 bits per heavy atom. The zero-order valence-corrected chi connectivity index (χ0v) is 6.45. The van der Waals surface area contributed by atoms with E-state index in [9.17, 15) is 0 Å². The number of hydrogen-bond donors (Lipinski definition) is 1. The second-order valence-electron chi connectivity index (χ2n) is 3.09. The van der Waals surface area contributed by atoms with Gasteiger partial charge in [0, 0.05) is 6.00 Å². The lowest BCUT2D eigenvalue weighted by atomic mass is 9.91. The van der Waals surface area contributed by atoms with Crippen LogP contribution < -0.4 is 0 Å². The lowest BCUT2D eigenvalue weighted by molar-refractivity contribution is -0.0168. The molecule has 1 aliphatic rings. The van der Waals surface area contributed by atoms with E-state index in [1.807, 2.05) is 6.92 Å². The number of rotatable bonds is 1. The normalized spacial score (nSPS) is 43.7. The molecule has 4 atom stereocenters. The fourth-order valence-electron chi connectivity index (χ4n) is 1.48. The highest BCUT2D eigenvalue weighted by molar-refractivity contribution is 6.11. The molecular weight excluding hydrogens is 127 g/mol. The Hall–Kier alpha value is -0.0151. The summed E-state index contributed by atoms with van der Waals surface area (Å²) in [5.41, 5.74) is 0. The van der Waals surface area contributed by atoms with Crippen molar-refractivity contribution < 1.29 is 9.84 Å². The Morgan fingerprint density at radius 3 is 2.50 bits per heavy atom. The van der Waals surface area contributed by atoms with Crippen LogP contribution in [-0.2, 0) is 4.74 Å². The SMILES string of the molecule is [B][C@H]1CC(C)[C@@H](C(C)O)O1. The molecule has 0 spiro atoms. The number of aliphatic hydroxyl groups is 1. The first-order chi connectivity index (χ1) is 4.61. The van der Waals surface area contributed by atoms with Gasteiger partial charge >= 0.3 is 0 Å². The van der Waals surface area contributed by atoms with E-state index < -0.39 is 6.10 Å². The van der Waals surface area contributed by atoms with Crippen molar-refractivity contribution in [1.82, 2.24) is 0 Å². The Balaban J connectivity index is 2.46. The second-order valence-corrected chi connectivity index (χ2v) is 3.09. The van der Waals surface area contributed by atoms with Crippen molar-refractivity contribution in [2.45, 2.75) is 38.5 Å². The molecule has 1 N–H and O–H groups in total. The largest absolute Gasteiger partial charge is 0.391 e. The van der Waals surface area contributed by atoms with Crippen LogP contribution in [0.5, 0.6) is 0 Å². The van der Waals surface area contributed by atoms with Gasteiger partial charge in [-0.25, -0.2) is 0 Å². The first-order valence-electron chi connectivity index (χ1n) is 3.70. The molecule has 0 amide bonds. The smallest absolute Gasteiger partial charge is 0.109 e. The van der Waals surface area contributed by atoms with Gasteiger partial charge in [0.1, 0.15) is 7.85 Å². The number of ether oxygens (including phenoxy) is 1. The zero-order chi connectivity index (χ0) is 7.72. The molecular formula is C7H13BO2. The molecule has 0 aromatic rings. The number of aliphatic hydroxyl groups excluding tert-OH is 1. The van der Waals surface area contributed by atoms with E-state index in [1.54, 1.807) is 6.92 Å². The maximum atomic E-state index is 9.16. The van der Waals surface area contributed by atoms with E-state index in [4.69, 9.17) is 17.7 Å². The van der Waals surface area contributed by atoms with Crippen molar-refractivity contribution in [2.24, 2.45) is 5.92 Å². The topological polar surface area (TPSA) is 29.5 Å². The van der Waals surface area contributed by atoms with Crippen molar-refractivity contribution in [1.29, 1.82) is 0 Å². The molecule has 10 heavy (non-hydrogen) atoms. The van der Waals surface area contributed by atoms with Crippen molar-refractivity contribution in [2.75, 3.05) is 0 Å². The average molecular weight is 140 g/mol. The minimum absolute atomic E-state index is 0.0602. The summed E-state index contributed by atoms with van der Waals surface area (Å²) in [7, 11) is 5.52. The van der Waals surface area contributed by atoms with Crippen molar-refractivity contribution in [3.63, 3.8) is 0 Å². The first-order valence-corrected chi connectivity index (χ1v) is 3.70. The molecule has 3 heteroatoms. The summed E-state index contributed by atoms with van der Waals surface area (Å²) in [5.74, 6) is 0.384. The predicted molar refractivity (Wildman–Crippen MR) is 39.9 cm³/mol. The van der Waals surface area contributed by atoms with Crippen LogP contribution in [0.15, 0.2) is 0 Å². The maximum Gasteiger partial charge on any atom is 0.109 e. The van der Waals surface area contributed by atoms with Gasteiger partial charge in [0.25, 0.3) is 0 Å². The molecule has 56 valence electrons. The highest BCUT2D eigenvalue weighted by atomic mass is 16.5. The van der Waals surface area contributed by atoms with Gasteiger partial charge < -0.3 is 9.84 Å². The van der Waals surface area contributed by atoms with Gasteiger partial charge in [-0.3, -0.25) is 0 Å². The fourth-order valence-corrected chi connectivity index (χ4v) is 1.48. The highest BCUT2D eigenvalue weighted by Gasteiger charge is 2.31. The van der Waals surface area contributed by atoms with Crippen LogP contribution in [0.25, 0.3) is 0 Å². The lowest BCUT2D eigenvalue weighted by Crippen LogP contribution is -2.27. The van der Waals surface area contributed by atoms with Crippen LogP contribution in [0, 0.1) is 5.92 Å². The molecule has 0 saturated carbocycles. The van der Waals surface area contributed by atoms with Crippen molar-refractivity contribution >= 4 is 7.85 Å². The Bertz CT molecular complexity index is 116. The molecule has 1 aliphatic heterocycles. The van der Waals surface area contributed by atoms with Gasteiger partial charge in [-0.05, 0) is 19.3 Å². The maximum absolute atomic E-state index is 9.16. The van der Waals surface area contributed by atoms with Crippen molar-refractivity contribution in [3.05, 3.63) is 0 Å². The molecule has 1 rings (SSSR count). The van der Waals surface area contributed by atoms with E-state index in [0.29, 0.717) is 5.92 Å². The van der Waals surface area contributed by atoms with E-state index in [2.05, 4.69) is 0 Å². The standard InChI is InChI=1S/C7H13BO2/c1-4-3-6(8)10-7(4)5(2)9/h4-7,9H,3H2,1-2H3/t4?,5?,6-,7+/m1/s1. The van der Waals surface area contributed by atoms with Crippen molar-refractivity contribution in [3.8, 4) is 0 Å². The molecule has 0 bridgehead atoms. The molecule has 1 fully saturated rings. The van der Waals surface area contributed by atoms with E-state index in [-0.39, 0.29) is 12.1 Å². The van der Waals surface area contributed by atoms with Gasteiger partial charge in [0.15, 0.2) is 0 Å². The Morgan fingerprint density at radius 2 is 2.30 bits per heavy atom. The van der Waals surface area contributed by atoms with Crippen LogP contribution in [0.3, 0.4) is 0 Å². The van der Waals surface area contributed by atoms with Gasteiger partial charge in [-0.15, -0.1) is 0 Å². The van der Waals surface area contributed by atoms with E-state index in [0.717, 1.165) is 6.42 Å². The van der Waals surface area contributed by atoms with Gasteiger partial charge in [-0.1, -0.05) is 6.92 Å². The minimum atomic E-state index is -0.399. The quantitative estimate of drug-likeness (QED) is 0.530. The fraction of sp³-hybridized carbons (Fsp3) is 1.00. The zero-order valence-electron chi connectivity index (χ0n) is 6.45. The van der Waals surface area contributed by atoms with Gasteiger partial charge in [0.05, 0.1) is 12.2 Å². The average Bonchev–Trinajstić information content (AvgIpc) is 2.10. The molecule has 0 aliphatic carbocycles. The van der Waals surface area contributed by atoms with Crippen LogP contribution in [0.1, 0.15) is 20.3 Å². The molecule has 2 unspecified atom stereocenters. The van der Waals surface area contributed by atoms with Crippen LogP contribution >= 0.6 is 0 Å². The molecule has 0 aromatic heterocycles. The van der Waals surface area contributed by atoms with Crippen LogP contribution in [-0.4, -0.2) is 31.2 Å². The molecule has 1 heterocycles. The third-order valence-electron chi connectivity index (χ3n) is 1.97. The van der Waals surface area contributed by atoms with E-state index in [1.165, 1.54) is 0 Å². The third-order valence-corrected chi connectivity index (χ3v) is 1.97. The lowest BCUT2D eigenvalue weighted by Gasteiger charge is -2.17. The van der Waals surface area contributed by atoms with Crippen LogP contribution in [0.4, 0.5) is 0 Å². The monoisotopic (exact) mass is 140 g/mol. The summed E-state index contributed by atoms with van der Waals surface area (Å²) in [6.07, 6.45) is 0.397.